The minimum atomic E-state index is 0.541. The van der Waals surface area contributed by atoms with Crippen LogP contribution in [0.2, 0.25) is 0 Å². The number of hydroxylamine groups is 1. The third kappa shape index (κ3) is 0.863. The fourth-order valence-electron chi connectivity index (χ4n) is 0.983. The van der Waals surface area contributed by atoms with Crippen LogP contribution in [0.1, 0.15) is 6.42 Å². The minimum absolute atomic E-state index is 0.541. The topological polar surface area (TPSA) is 42.9 Å². The number of nitrogens with zero attached hydrogens (tertiary/aromatic N) is 1. The van der Waals surface area contributed by atoms with Crippen LogP contribution >= 0.6 is 0 Å². The Hall–Kier alpha value is -1.03. The largest absolute Gasteiger partial charge is 0.381 e. The lowest BCUT2D eigenvalue weighted by molar-refractivity contribution is 0.0568. The predicted octanol–water partition coefficient (Wildman–Crippen LogP) is 0.181. The van der Waals surface area contributed by atoms with Gasteiger partial charge in [-0.2, -0.15) is 0 Å². The van der Waals surface area contributed by atoms with E-state index in [2.05, 4.69) is 10.5 Å². The molecule has 0 fully saturated rings. The summed E-state index contributed by atoms with van der Waals surface area (Å²) in [6, 6.07) is 0. The van der Waals surface area contributed by atoms with Gasteiger partial charge >= 0.3 is 0 Å². The highest BCUT2D eigenvalue weighted by atomic mass is 16.7. The SMILES string of the molecule is C1=NC2=C(COCC2)ON1. The first-order chi connectivity index (χ1) is 4.97. The molecule has 0 unspecified atom stereocenters. The van der Waals surface area contributed by atoms with Crippen molar-refractivity contribution in [1.82, 2.24) is 5.48 Å². The molecule has 10 heavy (non-hydrogen) atoms. The molecule has 0 atom stereocenters. The Labute approximate surface area is 58.5 Å². The molecule has 0 aliphatic carbocycles. The van der Waals surface area contributed by atoms with Crippen LogP contribution in [0.5, 0.6) is 0 Å². The van der Waals surface area contributed by atoms with E-state index in [1.807, 2.05) is 0 Å². The van der Waals surface area contributed by atoms with Gasteiger partial charge in [0.05, 0.1) is 12.3 Å². The molecule has 0 saturated carbocycles. The van der Waals surface area contributed by atoms with Gasteiger partial charge in [-0.25, -0.2) is 10.5 Å². The Morgan fingerprint density at radius 3 is 3.50 bits per heavy atom. The van der Waals surface area contributed by atoms with Gasteiger partial charge in [-0.05, 0) is 0 Å². The number of nitrogens with one attached hydrogen (secondary N) is 1. The van der Waals surface area contributed by atoms with Gasteiger partial charge in [0.15, 0.2) is 5.76 Å². The monoisotopic (exact) mass is 140 g/mol. The lowest BCUT2D eigenvalue weighted by Crippen LogP contribution is -2.23. The van der Waals surface area contributed by atoms with Gasteiger partial charge in [-0.1, -0.05) is 0 Å². The molecule has 2 aliphatic rings. The van der Waals surface area contributed by atoms with Crippen LogP contribution in [0, 0.1) is 0 Å². The molecule has 0 amide bonds. The maximum Gasteiger partial charge on any atom is 0.179 e. The normalized spacial score (nSPS) is 23.2. The number of hydrogen-bond donors (Lipinski definition) is 1. The van der Waals surface area contributed by atoms with Gasteiger partial charge in [0.2, 0.25) is 0 Å². The van der Waals surface area contributed by atoms with Crippen molar-refractivity contribution in [2.75, 3.05) is 13.2 Å². The van der Waals surface area contributed by atoms with E-state index in [1.165, 1.54) is 0 Å². The predicted molar refractivity (Wildman–Crippen MR) is 35.2 cm³/mol. The lowest BCUT2D eigenvalue weighted by atomic mass is 10.2. The molecule has 54 valence electrons. The van der Waals surface area contributed by atoms with E-state index in [0.29, 0.717) is 6.61 Å². The average Bonchev–Trinajstić information content (AvgIpc) is 2.05. The van der Waals surface area contributed by atoms with Crippen molar-refractivity contribution in [2.45, 2.75) is 6.42 Å². The summed E-state index contributed by atoms with van der Waals surface area (Å²) in [7, 11) is 0. The van der Waals surface area contributed by atoms with Crippen molar-refractivity contribution in [3.8, 4) is 0 Å². The van der Waals surface area contributed by atoms with E-state index in [1.54, 1.807) is 6.34 Å². The quantitative estimate of drug-likeness (QED) is 0.522. The van der Waals surface area contributed by atoms with Gasteiger partial charge in [0.1, 0.15) is 12.9 Å². The summed E-state index contributed by atoms with van der Waals surface area (Å²) in [6.07, 6.45) is 2.40. The molecule has 1 N–H and O–H groups in total. The number of aliphatic imine (C=N–C) groups is 1. The maximum absolute atomic E-state index is 5.14. The van der Waals surface area contributed by atoms with E-state index >= 15 is 0 Å². The summed E-state index contributed by atoms with van der Waals surface area (Å²) in [4.78, 5) is 9.13. The third-order valence-electron chi connectivity index (χ3n) is 1.49. The molecule has 0 bridgehead atoms. The molecule has 0 radical (unpaired) electrons. The standard InChI is InChI=1S/C6H8N2O2/c1-2-9-3-6-5(1)7-4-8-10-6/h4H,1-3H2,(H,7,8). The highest BCUT2D eigenvalue weighted by molar-refractivity contribution is 5.56. The highest BCUT2D eigenvalue weighted by Crippen LogP contribution is 2.17. The Kier molecular flexibility index (Phi) is 1.32. The molecule has 2 aliphatic heterocycles. The van der Waals surface area contributed by atoms with Crippen molar-refractivity contribution in [3.05, 3.63) is 11.5 Å². The zero-order chi connectivity index (χ0) is 6.81. The average molecular weight is 140 g/mol. The van der Waals surface area contributed by atoms with Crippen LogP contribution in [0.25, 0.3) is 0 Å². The van der Waals surface area contributed by atoms with Crippen molar-refractivity contribution in [3.63, 3.8) is 0 Å². The van der Waals surface area contributed by atoms with Gasteiger partial charge in [0, 0.05) is 6.42 Å². The van der Waals surface area contributed by atoms with Gasteiger partial charge in [0.25, 0.3) is 0 Å². The van der Waals surface area contributed by atoms with E-state index in [0.717, 1.165) is 24.5 Å². The minimum Gasteiger partial charge on any atom is -0.381 e. The van der Waals surface area contributed by atoms with Crippen molar-refractivity contribution >= 4 is 6.34 Å². The highest BCUT2D eigenvalue weighted by Gasteiger charge is 2.15. The molecule has 2 rings (SSSR count). The van der Waals surface area contributed by atoms with E-state index in [9.17, 15) is 0 Å². The molecule has 0 aromatic carbocycles. The van der Waals surface area contributed by atoms with Crippen molar-refractivity contribution in [1.29, 1.82) is 0 Å². The fourth-order valence-corrected chi connectivity index (χ4v) is 0.983. The summed E-state index contributed by atoms with van der Waals surface area (Å²) in [5, 5.41) is 0. The second-order valence-corrected chi connectivity index (χ2v) is 2.15. The second kappa shape index (κ2) is 2.30. The molecule has 4 nitrogen and oxygen atoms in total. The molecule has 2 heterocycles. The van der Waals surface area contributed by atoms with E-state index in [4.69, 9.17) is 9.57 Å². The molecular weight excluding hydrogens is 132 g/mol. The molecule has 0 saturated heterocycles. The Morgan fingerprint density at radius 1 is 1.60 bits per heavy atom. The van der Waals surface area contributed by atoms with Crippen LogP contribution in [0.15, 0.2) is 16.4 Å². The zero-order valence-electron chi connectivity index (χ0n) is 5.46. The van der Waals surface area contributed by atoms with E-state index in [-0.39, 0.29) is 0 Å². The lowest BCUT2D eigenvalue weighted by Gasteiger charge is -2.20. The molecule has 4 heteroatoms. The van der Waals surface area contributed by atoms with Crippen LogP contribution in [0.3, 0.4) is 0 Å². The summed E-state index contributed by atoms with van der Waals surface area (Å²) in [5.74, 6) is 0.814. The smallest absolute Gasteiger partial charge is 0.179 e. The van der Waals surface area contributed by atoms with Crippen LogP contribution in [0.4, 0.5) is 0 Å². The summed E-state index contributed by atoms with van der Waals surface area (Å²) < 4.78 is 5.14. The summed E-state index contributed by atoms with van der Waals surface area (Å²) in [6.45, 7) is 1.29. The molecule has 0 spiro atoms. The summed E-state index contributed by atoms with van der Waals surface area (Å²) in [5.41, 5.74) is 3.56. The van der Waals surface area contributed by atoms with Gasteiger partial charge < -0.3 is 9.57 Å². The first-order valence-electron chi connectivity index (χ1n) is 3.21. The fraction of sp³-hybridized carbons (Fsp3) is 0.500. The Balaban J connectivity index is 2.23. The number of ether oxygens (including phenoxy) is 1. The zero-order valence-corrected chi connectivity index (χ0v) is 5.46. The number of hydrogen-bond acceptors (Lipinski definition) is 4. The van der Waals surface area contributed by atoms with Gasteiger partial charge in [-0.3, -0.25) is 0 Å². The van der Waals surface area contributed by atoms with Crippen LogP contribution in [-0.2, 0) is 9.57 Å². The third-order valence-corrected chi connectivity index (χ3v) is 1.49. The van der Waals surface area contributed by atoms with Crippen LogP contribution < -0.4 is 5.48 Å². The second-order valence-electron chi connectivity index (χ2n) is 2.15. The van der Waals surface area contributed by atoms with Crippen molar-refractivity contribution < 1.29 is 9.57 Å². The maximum atomic E-state index is 5.14. The Bertz CT molecular complexity index is 198. The van der Waals surface area contributed by atoms with E-state index < -0.39 is 0 Å². The van der Waals surface area contributed by atoms with Crippen LogP contribution in [-0.4, -0.2) is 19.6 Å². The van der Waals surface area contributed by atoms with Gasteiger partial charge in [-0.15, -0.1) is 0 Å². The van der Waals surface area contributed by atoms with Crippen molar-refractivity contribution in [2.24, 2.45) is 4.99 Å². The first kappa shape index (κ1) is 5.73. The number of rotatable bonds is 0. The molecular formula is C6H8N2O2. The summed E-state index contributed by atoms with van der Waals surface area (Å²) >= 11 is 0. The molecule has 0 aromatic rings. The first-order valence-corrected chi connectivity index (χ1v) is 3.21. The molecule has 0 aromatic heterocycles. The Morgan fingerprint density at radius 2 is 2.60 bits per heavy atom.